The molecule has 11 heavy (non-hydrogen) atoms. The van der Waals surface area contributed by atoms with Gasteiger partial charge in [-0.2, -0.15) is 0 Å². The molecule has 0 saturated carbocycles. The van der Waals surface area contributed by atoms with Gasteiger partial charge in [0, 0.05) is 0 Å². The van der Waals surface area contributed by atoms with Gasteiger partial charge in [-0.1, -0.05) is 24.8 Å². The van der Waals surface area contributed by atoms with Crippen molar-refractivity contribution in [2.75, 3.05) is 0 Å². The zero-order valence-electron chi connectivity index (χ0n) is 6.07. The van der Waals surface area contributed by atoms with Crippen molar-refractivity contribution in [3.63, 3.8) is 0 Å². The number of ether oxygens (including phenoxy) is 1. The number of rotatable bonds is 3. The highest BCUT2D eigenvalue weighted by Gasteiger charge is 1.97. The molecule has 0 saturated heterocycles. The lowest BCUT2D eigenvalue weighted by Crippen LogP contribution is -2.03. The lowest BCUT2D eigenvalue weighted by Gasteiger charge is -2.07. The quantitative estimate of drug-likeness (QED) is 0.626. The van der Waals surface area contributed by atoms with Gasteiger partial charge in [-0.05, 0) is 30.8 Å². The third-order valence-corrected chi connectivity index (χ3v) is 1.48. The highest BCUT2D eigenvalue weighted by Crippen LogP contribution is 2.12. The summed E-state index contributed by atoms with van der Waals surface area (Å²) in [5.41, 5.74) is -0.336. The summed E-state index contributed by atoms with van der Waals surface area (Å²) in [4.78, 5) is 0. The van der Waals surface area contributed by atoms with Crippen LogP contribution >= 0.6 is 12.6 Å². The number of para-hydroxylation sites is 1. The zero-order valence-corrected chi connectivity index (χ0v) is 6.88. The molecule has 0 aliphatic carbocycles. The van der Waals surface area contributed by atoms with Gasteiger partial charge in [0.05, 0.1) is 0 Å². The molecule has 2 heteroatoms. The third kappa shape index (κ3) is 2.68. The summed E-state index contributed by atoms with van der Waals surface area (Å²) in [6.45, 7) is 3.53. The van der Waals surface area contributed by atoms with Crippen molar-refractivity contribution in [1.82, 2.24) is 0 Å². The molecule has 1 aromatic carbocycles. The molecule has 1 radical (unpaired) electrons. The van der Waals surface area contributed by atoms with Crippen LogP contribution < -0.4 is 4.74 Å². The van der Waals surface area contributed by atoms with Crippen LogP contribution in [0.1, 0.15) is 0 Å². The summed E-state index contributed by atoms with van der Waals surface area (Å²) in [5.74, 6) is 0.785. The van der Waals surface area contributed by atoms with Gasteiger partial charge in [0.1, 0.15) is 5.75 Å². The predicted octanol–water partition coefficient (Wildman–Crippen LogP) is 2.78. The minimum absolute atomic E-state index is 0.336. The maximum Gasteiger partial charge on any atom is 0.172 e. The van der Waals surface area contributed by atoms with Gasteiger partial charge < -0.3 is 4.74 Å². The molecule has 0 aliphatic rings. The van der Waals surface area contributed by atoms with Gasteiger partial charge in [0.25, 0.3) is 0 Å². The Hall–Kier alpha value is -0.890. The fourth-order valence-electron chi connectivity index (χ4n) is 0.681. The monoisotopic (exact) mass is 165 g/mol. The molecule has 0 heterocycles. The molecular weight excluding hydrogens is 156 g/mol. The fourth-order valence-corrected chi connectivity index (χ4v) is 0.792. The largest absolute Gasteiger partial charge is 0.475 e. The third-order valence-electron chi connectivity index (χ3n) is 1.19. The van der Waals surface area contributed by atoms with Crippen molar-refractivity contribution in [3.8, 4) is 5.75 Å². The second-order valence-corrected chi connectivity index (χ2v) is 2.50. The summed E-state index contributed by atoms with van der Waals surface area (Å²) >= 11 is 4.88. The SMILES string of the molecule is C=CC([S])Oc1ccccc1. The van der Waals surface area contributed by atoms with E-state index in [0.717, 1.165) is 5.75 Å². The van der Waals surface area contributed by atoms with Crippen LogP contribution in [-0.4, -0.2) is 5.44 Å². The van der Waals surface area contributed by atoms with Crippen LogP contribution in [0.4, 0.5) is 0 Å². The van der Waals surface area contributed by atoms with Crippen molar-refractivity contribution >= 4 is 12.6 Å². The van der Waals surface area contributed by atoms with E-state index in [-0.39, 0.29) is 5.44 Å². The Labute approximate surface area is 72.1 Å². The van der Waals surface area contributed by atoms with Gasteiger partial charge >= 0.3 is 0 Å². The molecule has 0 spiro atoms. The van der Waals surface area contributed by atoms with Gasteiger partial charge in [-0.3, -0.25) is 0 Å². The van der Waals surface area contributed by atoms with Crippen LogP contribution in [0.3, 0.4) is 0 Å². The van der Waals surface area contributed by atoms with E-state index in [1.165, 1.54) is 0 Å². The maximum atomic E-state index is 5.26. The second kappa shape index (κ2) is 4.09. The number of benzene rings is 1. The van der Waals surface area contributed by atoms with E-state index in [1.54, 1.807) is 6.08 Å². The molecule has 1 aromatic rings. The molecule has 1 rings (SSSR count). The number of hydrogen-bond donors (Lipinski definition) is 0. The average Bonchev–Trinajstić information content (AvgIpc) is 2.06. The van der Waals surface area contributed by atoms with Crippen molar-refractivity contribution in [2.45, 2.75) is 5.44 Å². The van der Waals surface area contributed by atoms with Crippen LogP contribution in [0, 0.1) is 0 Å². The highest BCUT2D eigenvalue weighted by molar-refractivity contribution is 7.81. The van der Waals surface area contributed by atoms with E-state index < -0.39 is 0 Å². The van der Waals surface area contributed by atoms with Gasteiger partial charge in [0.15, 0.2) is 5.44 Å². The first-order chi connectivity index (χ1) is 5.33. The van der Waals surface area contributed by atoms with Crippen LogP contribution in [0.15, 0.2) is 43.0 Å². The Kier molecular flexibility index (Phi) is 3.05. The smallest absolute Gasteiger partial charge is 0.172 e. The molecular formula is C9H9OS. The minimum Gasteiger partial charge on any atom is -0.475 e. The first-order valence-electron chi connectivity index (χ1n) is 3.33. The predicted molar refractivity (Wildman–Crippen MR) is 48.6 cm³/mol. The molecule has 0 amide bonds. The van der Waals surface area contributed by atoms with E-state index in [2.05, 4.69) is 6.58 Å². The summed E-state index contributed by atoms with van der Waals surface area (Å²) in [6, 6.07) is 9.46. The van der Waals surface area contributed by atoms with Crippen LogP contribution in [0.5, 0.6) is 5.75 Å². The van der Waals surface area contributed by atoms with Crippen LogP contribution in [0.25, 0.3) is 0 Å². The van der Waals surface area contributed by atoms with E-state index in [9.17, 15) is 0 Å². The lowest BCUT2D eigenvalue weighted by atomic mass is 10.3. The van der Waals surface area contributed by atoms with Gasteiger partial charge in [-0.25, -0.2) is 0 Å². The summed E-state index contributed by atoms with van der Waals surface area (Å²) in [7, 11) is 0. The molecule has 0 aromatic heterocycles. The summed E-state index contributed by atoms with van der Waals surface area (Å²) in [6.07, 6.45) is 1.59. The average molecular weight is 165 g/mol. The fraction of sp³-hybridized carbons (Fsp3) is 0.111. The first kappa shape index (κ1) is 8.21. The standard InChI is InChI=1S/C9H9OS/c1-2-9(11)10-8-6-4-3-5-7-8/h2-7,9H,1H2. The first-order valence-corrected chi connectivity index (χ1v) is 3.80. The Morgan fingerprint density at radius 2 is 2.00 bits per heavy atom. The molecule has 1 unspecified atom stereocenters. The molecule has 0 N–H and O–H groups in total. The highest BCUT2D eigenvalue weighted by atomic mass is 32.1. The topological polar surface area (TPSA) is 9.23 Å². The van der Waals surface area contributed by atoms with E-state index >= 15 is 0 Å². The van der Waals surface area contributed by atoms with Crippen LogP contribution in [-0.2, 0) is 0 Å². The molecule has 0 bridgehead atoms. The zero-order chi connectivity index (χ0) is 8.10. The molecule has 1 nitrogen and oxygen atoms in total. The number of hydrogen-bond acceptors (Lipinski definition) is 1. The Balaban J connectivity index is 2.57. The minimum atomic E-state index is -0.336. The normalized spacial score (nSPS) is 12.1. The van der Waals surface area contributed by atoms with Crippen molar-refractivity contribution in [3.05, 3.63) is 43.0 Å². The molecule has 57 valence electrons. The van der Waals surface area contributed by atoms with Crippen molar-refractivity contribution in [2.24, 2.45) is 0 Å². The van der Waals surface area contributed by atoms with Gasteiger partial charge in [0.2, 0.25) is 0 Å². The Morgan fingerprint density at radius 1 is 1.36 bits per heavy atom. The van der Waals surface area contributed by atoms with Crippen LogP contribution in [0.2, 0.25) is 0 Å². The molecule has 0 fully saturated rings. The van der Waals surface area contributed by atoms with Gasteiger partial charge in [-0.15, -0.1) is 0 Å². The summed E-state index contributed by atoms with van der Waals surface area (Å²) < 4.78 is 5.26. The van der Waals surface area contributed by atoms with Crippen molar-refractivity contribution < 1.29 is 4.74 Å². The summed E-state index contributed by atoms with van der Waals surface area (Å²) in [5, 5.41) is 0. The molecule has 1 atom stereocenters. The Bertz CT molecular complexity index is 220. The second-order valence-electron chi connectivity index (χ2n) is 2.03. The van der Waals surface area contributed by atoms with E-state index in [0.29, 0.717) is 0 Å². The van der Waals surface area contributed by atoms with E-state index in [4.69, 9.17) is 17.4 Å². The maximum absolute atomic E-state index is 5.26. The van der Waals surface area contributed by atoms with E-state index in [1.807, 2.05) is 30.3 Å². The van der Waals surface area contributed by atoms with Crippen molar-refractivity contribution in [1.29, 1.82) is 0 Å². The Morgan fingerprint density at radius 3 is 2.55 bits per heavy atom. The lowest BCUT2D eigenvalue weighted by molar-refractivity contribution is 0.335. The molecule has 0 aliphatic heterocycles.